The van der Waals surface area contributed by atoms with E-state index in [1.807, 2.05) is 58.9 Å². The molecule has 4 N–H and O–H groups in total. The first-order valence-corrected chi connectivity index (χ1v) is 13.3. The van der Waals surface area contributed by atoms with Gasteiger partial charge >= 0.3 is 0 Å². The van der Waals surface area contributed by atoms with Crippen molar-refractivity contribution < 1.29 is 24.6 Å². The van der Waals surface area contributed by atoms with Crippen molar-refractivity contribution in [3.63, 3.8) is 0 Å². The molecule has 0 fully saturated rings. The van der Waals surface area contributed by atoms with Gasteiger partial charge in [-0.1, -0.05) is 31.2 Å². The fourth-order valence-corrected chi connectivity index (χ4v) is 7.48. The summed E-state index contributed by atoms with van der Waals surface area (Å²) < 4.78 is 13.7. The minimum Gasteiger partial charge on any atom is -0.508 e. The summed E-state index contributed by atoms with van der Waals surface area (Å²) in [5.41, 5.74) is 5.23. The lowest BCUT2D eigenvalue weighted by Gasteiger charge is -2.44. The molecule has 4 aromatic carbocycles. The van der Waals surface area contributed by atoms with E-state index in [2.05, 4.69) is 0 Å². The van der Waals surface area contributed by atoms with Crippen LogP contribution >= 0.6 is 0 Å². The van der Waals surface area contributed by atoms with Gasteiger partial charge in [0.25, 0.3) is 0 Å². The monoisotopic (exact) mass is 514 g/mol. The molecule has 0 radical (unpaired) electrons. The minimum absolute atomic E-state index is 0.0560. The summed E-state index contributed by atoms with van der Waals surface area (Å²) in [6.07, 6.45) is 0. The number of hydrogen-bond donors (Lipinski definition) is 4. The van der Waals surface area contributed by atoms with Crippen molar-refractivity contribution in [2.45, 2.75) is 55.7 Å². The van der Waals surface area contributed by atoms with Gasteiger partial charge in [0, 0.05) is 21.1 Å². The maximum Gasteiger partial charge on any atom is 0.121 e. The van der Waals surface area contributed by atoms with E-state index in [1.165, 1.54) is 0 Å². The summed E-state index contributed by atoms with van der Waals surface area (Å²) >= 11 is 0. The van der Waals surface area contributed by atoms with Gasteiger partial charge in [0.1, 0.15) is 23.0 Å². The van der Waals surface area contributed by atoms with Crippen LogP contribution in [0.15, 0.2) is 70.5 Å². The van der Waals surface area contributed by atoms with Crippen molar-refractivity contribution in [3.8, 4) is 23.0 Å². The van der Waals surface area contributed by atoms with Crippen molar-refractivity contribution >= 4 is 10.8 Å². The van der Waals surface area contributed by atoms with Gasteiger partial charge in [0.05, 0.1) is 10.8 Å². The largest absolute Gasteiger partial charge is 0.508 e. The van der Waals surface area contributed by atoms with Crippen LogP contribution in [0.2, 0.25) is 0 Å². The van der Waals surface area contributed by atoms with Crippen LogP contribution in [-0.2, 0) is 16.2 Å². The Morgan fingerprint density at radius 3 is 1.32 bits per heavy atom. The van der Waals surface area contributed by atoms with Gasteiger partial charge in [-0.3, -0.25) is 0 Å². The molecule has 6 heteroatoms. The van der Waals surface area contributed by atoms with Gasteiger partial charge < -0.3 is 20.4 Å². The number of aryl methyl sites for hydroxylation is 4. The van der Waals surface area contributed by atoms with Crippen LogP contribution in [-0.4, -0.2) is 24.6 Å². The topological polar surface area (TPSA) is 98.0 Å². The van der Waals surface area contributed by atoms with Crippen LogP contribution in [0.1, 0.15) is 57.3 Å². The molecular weight excluding hydrogens is 484 g/mol. The third kappa shape index (κ3) is 3.78. The number of aromatic hydroxyl groups is 4. The zero-order valence-electron chi connectivity index (χ0n) is 21.5. The molecule has 0 saturated heterocycles. The minimum atomic E-state index is -1.51. The van der Waals surface area contributed by atoms with Gasteiger partial charge in [-0.15, -0.1) is 0 Å². The molecule has 1 heterocycles. The molecule has 1 aliphatic rings. The van der Waals surface area contributed by atoms with Gasteiger partial charge in [-0.05, 0) is 109 Å². The van der Waals surface area contributed by atoms with Crippen molar-refractivity contribution in [2.75, 3.05) is 0 Å². The molecule has 0 bridgehead atoms. The Balaban J connectivity index is 1.95. The molecule has 0 atom stereocenters. The van der Waals surface area contributed by atoms with E-state index in [0.717, 1.165) is 33.4 Å². The summed E-state index contributed by atoms with van der Waals surface area (Å²) in [6, 6.07) is 17.6. The second-order valence-electron chi connectivity index (χ2n) is 10.3. The van der Waals surface area contributed by atoms with Crippen LogP contribution in [0.25, 0.3) is 0 Å². The highest BCUT2D eigenvalue weighted by atomic mass is 32.2. The molecule has 4 aromatic rings. The van der Waals surface area contributed by atoms with Crippen molar-refractivity contribution in [2.24, 2.45) is 0 Å². The highest BCUT2D eigenvalue weighted by Gasteiger charge is 2.47. The van der Waals surface area contributed by atoms with E-state index in [9.17, 15) is 24.6 Å². The van der Waals surface area contributed by atoms with E-state index in [1.54, 1.807) is 36.4 Å². The molecule has 0 aromatic heterocycles. The summed E-state index contributed by atoms with van der Waals surface area (Å²) in [5.74, 6) is 0.181. The quantitative estimate of drug-likeness (QED) is 0.255. The standard InChI is InChI=1S/C31H30O5S/c1-16-10-20(11-17(2)29(16)34)28(21-12-18(3)30(35)19(4)13-21)31(5)24-14-22(32)6-8-26(24)37(36)27-9-7-23(33)15-25(27)31/h6-15,28,32-35H,1-5H3. The number of phenolic OH excluding ortho intramolecular Hbond substituents is 4. The Hall–Kier alpha value is -3.77. The molecule has 0 spiro atoms. The molecular formula is C31H30O5S. The number of phenols is 4. The molecule has 5 nitrogen and oxygen atoms in total. The zero-order valence-corrected chi connectivity index (χ0v) is 22.3. The van der Waals surface area contributed by atoms with Crippen LogP contribution in [0, 0.1) is 27.7 Å². The molecule has 0 aliphatic carbocycles. The average molecular weight is 515 g/mol. The van der Waals surface area contributed by atoms with Gasteiger partial charge in [0.15, 0.2) is 0 Å². The first-order chi connectivity index (χ1) is 17.4. The van der Waals surface area contributed by atoms with E-state index in [-0.39, 0.29) is 28.9 Å². The number of fused-ring (bicyclic) bond motifs is 2. The normalized spacial score (nSPS) is 18.5. The number of benzene rings is 4. The summed E-state index contributed by atoms with van der Waals surface area (Å²) in [6.45, 7) is 9.46. The molecule has 0 saturated carbocycles. The Bertz CT molecular complexity index is 1440. The van der Waals surface area contributed by atoms with Gasteiger partial charge in [0.2, 0.25) is 0 Å². The molecule has 37 heavy (non-hydrogen) atoms. The molecule has 0 amide bonds. The predicted molar refractivity (Wildman–Crippen MR) is 144 cm³/mol. The highest BCUT2D eigenvalue weighted by Crippen LogP contribution is 2.56. The molecule has 0 unspecified atom stereocenters. The summed E-state index contributed by atoms with van der Waals surface area (Å²) in [7, 11) is -1.51. The Morgan fingerprint density at radius 2 is 0.973 bits per heavy atom. The third-order valence-corrected chi connectivity index (χ3v) is 9.23. The fraction of sp³-hybridized carbons (Fsp3) is 0.226. The summed E-state index contributed by atoms with van der Waals surface area (Å²) in [5, 5.41) is 42.3. The van der Waals surface area contributed by atoms with E-state index >= 15 is 0 Å². The molecule has 1 aliphatic heterocycles. The van der Waals surface area contributed by atoms with Crippen LogP contribution in [0.3, 0.4) is 0 Å². The Labute approximate surface area is 219 Å². The van der Waals surface area contributed by atoms with Gasteiger partial charge in [-0.2, -0.15) is 0 Å². The Kier molecular flexibility index (Phi) is 5.83. The van der Waals surface area contributed by atoms with E-state index in [0.29, 0.717) is 20.9 Å². The number of rotatable bonds is 3. The average Bonchev–Trinajstić information content (AvgIpc) is 2.84. The lowest BCUT2D eigenvalue weighted by molar-refractivity contribution is 0.441. The van der Waals surface area contributed by atoms with Crippen molar-refractivity contribution in [1.82, 2.24) is 0 Å². The van der Waals surface area contributed by atoms with E-state index in [4.69, 9.17) is 0 Å². The Morgan fingerprint density at radius 1 is 0.622 bits per heavy atom. The molecule has 190 valence electrons. The second kappa shape index (κ2) is 8.67. The maximum atomic E-state index is 13.7. The lowest BCUT2D eigenvalue weighted by atomic mass is 9.62. The van der Waals surface area contributed by atoms with Gasteiger partial charge in [-0.25, -0.2) is 4.21 Å². The fourth-order valence-electron chi connectivity index (χ4n) is 5.92. The third-order valence-electron chi connectivity index (χ3n) is 7.72. The van der Waals surface area contributed by atoms with Crippen molar-refractivity contribution in [3.05, 3.63) is 105 Å². The number of hydrogen-bond acceptors (Lipinski definition) is 5. The highest BCUT2D eigenvalue weighted by molar-refractivity contribution is 7.85. The summed E-state index contributed by atoms with van der Waals surface area (Å²) in [4.78, 5) is 1.20. The predicted octanol–water partition coefficient (Wildman–Crippen LogP) is 6.36. The van der Waals surface area contributed by atoms with Crippen LogP contribution in [0.5, 0.6) is 23.0 Å². The SMILES string of the molecule is Cc1cc(C(c2cc(C)c(O)c(C)c2)C2(C)c3cc(O)ccc3S(=O)c3ccc(O)cc32)cc(C)c1O. The van der Waals surface area contributed by atoms with E-state index < -0.39 is 16.2 Å². The first-order valence-electron chi connectivity index (χ1n) is 12.1. The smallest absolute Gasteiger partial charge is 0.121 e. The zero-order chi connectivity index (χ0) is 26.8. The van der Waals surface area contributed by atoms with Crippen molar-refractivity contribution in [1.29, 1.82) is 0 Å². The maximum absolute atomic E-state index is 13.7. The van der Waals surface area contributed by atoms with Crippen LogP contribution in [0.4, 0.5) is 0 Å². The molecule has 5 rings (SSSR count). The van der Waals surface area contributed by atoms with Crippen LogP contribution < -0.4 is 0 Å². The lowest BCUT2D eigenvalue weighted by Crippen LogP contribution is -2.37. The first kappa shape index (κ1) is 24.9. The second-order valence-corrected chi connectivity index (χ2v) is 11.7.